The fourth-order valence-corrected chi connectivity index (χ4v) is 9.30. The molecular formula is C31H38N8O5S2. The molecule has 7 rings (SSSR count). The molecule has 13 nitrogen and oxygen atoms in total. The first-order valence-corrected chi connectivity index (χ1v) is 18.8. The molecule has 0 spiro atoms. The number of aliphatic hydroxyl groups is 1. The maximum absolute atomic E-state index is 12.7. The van der Waals surface area contributed by atoms with Crippen LogP contribution in [0.2, 0.25) is 0 Å². The van der Waals surface area contributed by atoms with Crippen molar-refractivity contribution in [2.75, 3.05) is 43.0 Å². The second-order valence-corrected chi connectivity index (χ2v) is 17.4. The minimum atomic E-state index is -3.50. The van der Waals surface area contributed by atoms with E-state index in [1.54, 1.807) is 22.8 Å². The van der Waals surface area contributed by atoms with Gasteiger partial charge in [0.2, 0.25) is 10.0 Å². The number of aromatic nitrogens is 5. The van der Waals surface area contributed by atoms with Crippen LogP contribution in [0, 0.1) is 23.2 Å². The lowest BCUT2D eigenvalue weighted by atomic mass is 9.81. The van der Waals surface area contributed by atoms with Gasteiger partial charge in [-0.15, -0.1) is 0 Å². The lowest BCUT2D eigenvalue weighted by Crippen LogP contribution is -2.40. The van der Waals surface area contributed by atoms with Gasteiger partial charge in [0.25, 0.3) is 10.0 Å². The molecule has 46 heavy (non-hydrogen) atoms. The molecule has 5 heterocycles. The van der Waals surface area contributed by atoms with Gasteiger partial charge in [-0.3, -0.25) is 0 Å². The lowest BCUT2D eigenvalue weighted by Gasteiger charge is -2.39. The SMILES string of the molecule is CC1(CO)CCN(c2cc(Nc3ccnc(-c4cnn(S(=O)(=O)C5CC5)c4)n3)ncc2C#CC2CCN(S(=O)(=O)C3CC3)C2)CC1. The second kappa shape index (κ2) is 11.9. The fraction of sp³-hybridized carbons (Fsp3) is 0.548. The second-order valence-electron chi connectivity index (χ2n) is 13.1. The molecule has 2 saturated carbocycles. The highest BCUT2D eigenvalue weighted by Gasteiger charge is 2.42. The number of rotatable bonds is 9. The van der Waals surface area contributed by atoms with E-state index in [9.17, 15) is 21.9 Å². The van der Waals surface area contributed by atoms with Crippen molar-refractivity contribution in [3.63, 3.8) is 0 Å². The Morgan fingerprint density at radius 1 is 0.978 bits per heavy atom. The van der Waals surface area contributed by atoms with E-state index < -0.39 is 20.0 Å². The largest absolute Gasteiger partial charge is 0.396 e. The zero-order chi connectivity index (χ0) is 32.1. The van der Waals surface area contributed by atoms with E-state index in [0.29, 0.717) is 55.4 Å². The zero-order valence-corrected chi connectivity index (χ0v) is 27.3. The molecule has 0 aromatic carbocycles. The predicted octanol–water partition coefficient (Wildman–Crippen LogP) is 2.58. The predicted molar refractivity (Wildman–Crippen MR) is 173 cm³/mol. The third-order valence-corrected chi connectivity index (χ3v) is 13.8. The first-order chi connectivity index (χ1) is 22.0. The highest BCUT2D eigenvalue weighted by molar-refractivity contribution is 7.90. The Bertz CT molecular complexity index is 1900. The van der Waals surface area contributed by atoms with Crippen LogP contribution in [0.15, 0.2) is 36.9 Å². The van der Waals surface area contributed by atoms with Crippen molar-refractivity contribution in [2.45, 2.75) is 62.4 Å². The Morgan fingerprint density at radius 2 is 1.72 bits per heavy atom. The topological polar surface area (TPSA) is 164 Å². The van der Waals surface area contributed by atoms with Crippen molar-refractivity contribution in [3.8, 4) is 23.2 Å². The van der Waals surface area contributed by atoms with Gasteiger partial charge in [0, 0.05) is 57.2 Å². The summed E-state index contributed by atoms with van der Waals surface area (Å²) < 4.78 is 53.2. The summed E-state index contributed by atoms with van der Waals surface area (Å²) in [4.78, 5) is 15.8. The van der Waals surface area contributed by atoms with Crippen LogP contribution in [-0.2, 0) is 20.0 Å². The first-order valence-electron chi connectivity index (χ1n) is 15.8. The minimum Gasteiger partial charge on any atom is -0.396 e. The van der Waals surface area contributed by atoms with E-state index in [4.69, 9.17) is 0 Å². The van der Waals surface area contributed by atoms with Gasteiger partial charge in [-0.25, -0.2) is 36.1 Å². The molecule has 2 N–H and O–H groups in total. The molecule has 1 unspecified atom stereocenters. The molecule has 3 aromatic rings. The maximum Gasteiger partial charge on any atom is 0.256 e. The number of aliphatic hydroxyl groups excluding tert-OH is 1. The number of nitrogens with one attached hydrogen (secondary N) is 1. The van der Waals surface area contributed by atoms with Gasteiger partial charge in [0.15, 0.2) is 5.82 Å². The number of nitrogens with zero attached hydrogens (tertiary/aromatic N) is 7. The third kappa shape index (κ3) is 6.35. The van der Waals surface area contributed by atoms with Gasteiger partial charge < -0.3 is 15.3 Å². The van der Waals surface area contributed by atoms with Crippen LogP contribution >= 0.6 is 0 Å². The highest BCUT2D eigenvalue weighted by Crippen LogP contribution is 2.36. The Hall–Kier alpha value is -3.58. The molecule has 4 aliphatic rings. The molecule has 15 heteroatoms. The smallest absolute Gasteiger partial charge is 0.256 e. The normalized spacial score (nSPS) is 22.0. The first kappa shape index (κ1) is 31.0. The molecule has 2 aliphatic heterocycles. The number of piperidine rings is 1. The van der Waals surface area contributed by atoms with E-state index in [1.165, 1.54) is 12.4 Å². The van der Waals surface area contributed by atoms with Gasteiger partial charge in [-0.1, -0.05) is 18.8 Å². The van der Waals surface area contributed by atoms with Crippen LogP contribution in [0.25, 0.3) is 11.4 Å². The summed E-state index contributed by atoms with van der Waals surface area (Å²) in [6.07, 6.45) is 11.4. The third-order valence-electron chi connectivity index (χ3n) is 9.38. The average Bonchev–Trinajstić information content (AvgIpc) is 3.99. The number of pyridine rings is 1. The summed E-state index contributed by atoms with van der Waals surface area (Å²) in [6, 6.07) is 3.64. The Morgan fingerprint density at radius 3 is 2.43 bits per heavy atom. The van der Waals surface area contributed by atoms with E-state index in [2.05, 4.69) is 49.0 Å². The molecule has 0 amide bonds. The Balaban J connectivity index is 1.12. The van der Waals surface area contributed by atoms with Gasteiger partial charge in [0.05, 0.1) is 39.7 Å². The number of hydrogen-bond acceptors (Lipinski definition) is 11. The molecule has 0 radical (unpaired) electrons. The van der Waals surface area contributed by atoms with Crippen LogP contribution in [0.3, 0.4) is 0 Å². The molecule has 2 aliphatic carbocycles. The fourth-order valence-electron chi connectivity index (χ4n) is 5.93. The van der Waals surface area contributed by atoms with Crippen LogP contribution in [-0.4, -0.2) is 93.7 Å². The van der Waals surface area contributed by atoms with Crippen LogP contribution < -0.4 is 10.2 Å². The van der Waals surface area contributed by atoms with Crippen molar-refractivity contribution >= 4 is 37.4 Å². The van der Waals surface area contributed by atoms with Crippen molar-refractivity contribution < 1.29 is 21.9 Å². The molecule has 244 valence electrons. The molecule has 3 aromatic heterocycles. The quantitative estimate of drug-likeness (QED) is 0.323. The van der Waals surface area contributed by atoms with Crippen LogP contribution in [0.4, 0.5) is 17.3 Å². The number of hydrogen-bond donors (Lipinski definition) is 2. The maximum atomic E-state index is 12.7. The zero-order valence-electron chi connectivity index (χ0n) is 25.7. The van der Waals surface area contributed by atoms with Gasteiger partial charge in [-0.2, -0.15) is 9.19 Å². The molecule has 0 bridgehead atoms. The van der Waals surface area contributed by atoms with Crippen molar-refractivity contribution in [2.24, 2.45) is 11.3 Å². The Kier molecular flexibility index (Phi) is 8.03. The van der Waals surface area contributed by atoms with Crippen molar-refractivity contribution in [1.29, 1.82) is 0 Å². The summed E-state index contributed by atoms with van der Waals surface area (Å²) in [5.41, 5.74) is 2.03. The number of sulfonamides is 1. The van der Waals surface area contributed by atoms with Gasteiger partial charge >= 0.3 is 0 Å². The minimum absolute atomic E-state index is 0.0405. The van der Waals surface area contributed by atoms with Crippen molar-refractivity contribution in [3.05, 3.63) is 42.5 Å². The monoisotopic (exact) mass is 666 g/mol. The summed E-state index contributed by atoms with van der Waals surface area (Å²) in [5.74, 6) is 7.97. The molecule has 4 fully saturated rings. The average molecular weight is 667 g/mol. The lowest BCUT2D eigenvalue weighted by molar-refractivity contribution is 0.115. The molecular weight excluding hydrogens is 629 g/mol. The van der Waals surface area contributed by atoms with Crippen LogP contribution in [0.1, 0.15) is 57.4 Å². The van der Waals surface area contributed by atoms with Crippen molar-refractivity contribution in [1.82, 2.24) is 28.4 Å². The van der Waals surface area contributed by atoms with E-state index in [1.807, 2.05) is 6.07 Å². The number of anilines is 3. The van der Waals surface area contributed by atoms with E-state index in [0.717, 1.165) is 54.1 Å². The summed E-state index contributed by atoms with van der Waals surface area (Å²) >= 11 is 0. The van der Waals surface area contributed by atoms with Crippen LogP contribution in [0.5, 0.6) is 0 Å². The highest BCUT2D eigenvalue weighted by atomic mass is 32.2. The molecule has 1 atom stereocenters. The van der Waals surface area contributed by atoms with Gasteiger partial charge in [0.1, 0.15) is 11.6 Å². The summed E-state index contributed by atoms with van der Waals surface area (Å²) in [5, 5.41) is 16.6. The van der Waals surface area contributed by atoms with E-state index >= 15 is 0 Å². The molecule has 2 saturated heterocycles. The van der Waals surface area contributed by atoms with E-state index in [-0.39, 0.29) is 28.4 Å². The summed E-state index contributed by atoms with van der Waals surface area (Å²) in [7, 11) is -6.70. The summed E-state index contributed by atoms with van der Waals surface area (Å²) in [6.45, 7) is 4.67. The Labute approximate surface area is 269 Å². The van der Waals surface area contributed by atoms with Gasteiger partial charge in [-0.05, 0) is 56.4 Å². The standard InChI is InChI=1S/C31H38N8O5S2/c1-31(21-40)10-14-37(15-11-31)27-16-29(33-17-23(27)3-2-22-9-13-38(19-22)45(41,42)25-4-5-25)35-28-8-12-32-30(36-28)24-18-34-39(20-24)46(43,44)26-6-7-26/h8,12,16-18,20,22,25-26,40H,4-7,9-11,13-15,19,21H2,1H3,(H,32,33,35,36).